The first-order chi connectivity index (χ1) is 10.6. The first-order valence-corrected chi connectivity index (χ1v) is 7.42. The largest absolute Gasteiger partial charge is 0.378 e. The second-order valence-electron chi connectivity index (χ2n) is 5.62. The van der Waals surface area contributed by atoms with Crippen LogP contribution in [-0.4, -0.2) is 41.3 Å². The van der Waals surface area contributed by atoms with Crippen LogP contribution < -0.4 is 10.2 Å². The summed E-state index contributed by atoms with van der Waals surface area (Å²) in [6.07, 6.45) is 3.92. The Labute approximate surface area is 131 Å². The van der Waals surface area contributed by atoms with Gasteiger partial charge in [0.15, 0.2) is 0 Å². The van der Waals surface area contributed by atoms with Crippen molar-refractivity contribution in [1.29, 1.82) is 0 Å². The molecule has 1 N–H and O–H groups in total. The van der Waals surface area contributed by atoms with Crippen molar-refractivity contribution in [3.05, 3.63) is 42.5 Å². The minimum Gasteiger partial charge on any atom is -0.378 e. The van der Waals surface area contributed by atoms with E-state index in [0.717, 1.165) is 6.42 Å². The van der Waals surface area contributed by atoms with E-state index in [2.05, 4.69) is 44.6 Å². The van der Waals surface area contributed by atoms with E-state index < -0.39 is 0 Å². The summed E-state index contributed by atoms with van der Waals surface area (Å²) in [7, 11) is 4.04. The number of anilines is 1. The molecule has 6 nitrogen and oxygen atoms in total. The number of hydrogen-bond acceptors (Lipinski definition) is 4. The predicted molar refractivity (Wildman–Crippen MR) is 86.7 cm³/mol. The first-order valence-electron chi connectivity index (χ1n) is 7.42. The summed E-state index contributed by atoms with van der Waals surface area (Å²) in [5.74, 6) is -0.0850. The van der Waals surface area contributed by atoms with Gasteiger partial charge in [-0.15, -0.1) is 0 Å². The van der Waals surface area contributed by atoms with Gasteiger partial charge in [0.2, 0.25) is 5.91 Å². The molecular weight excluding hydrogens is 278 g/mol. The Morgan fingerprint density at radius 1 is 1.32 bits per heavy atom. The Bertz CT molecular complexity index is 577. The van der Waals surface area contributed by atoms with Crippen LogP contribution in [0.3, 0.4) is 0 Å². The van der Waals surface area contributed by atoms with Crippen molar-refractivity contribution in [2.75, 3.05) is 25.5 Å². The molecule has 1 unspecified atom stereocenters. The highest BCUT2D eigenvalue weighted by atomic mass is 16.1. The maximum absolute atomic E-state index is 12.0. The van der Waals surface area contributed by atoms with Crippen molar-refractivity contribution in [2.45, 2.75) is 19.9 Å². The lowest BCUT2D eigenvalue weighted by Crippen LogP contribution is -2.33. The molecule has 1 aromatic carbocycles. The lowest BCUT2D eigenvalue weighted by molar-refractivity contribution is -0.124. The summed E-state index contributed by atoms with van der Waals surface area (Å²) in [4.78, 5) is 18.0. The fourth-order valence-corrected chi connectivity index (χ4v) is 2.16. The smallest absolute Gasteiger partial charge is 0.224 e. The normalized spacial score (nSPS) is 12.0. The van der Waals surface area contributed by atoms with Gasteiger partial charge in [0, 0.05) is 26.3 Å². The van der Waals surface area contributed by atoms with Gasteiger partial charge in [0.1, 0.15) is 12.7 Å². The highest BCUT2D eigenvalue weighted by Gasteiger charge is 2.13. The second kappa shape index (κ2) is 7.59. The predicted octanol–water partition coefficient (Wildman–Crippen LogP) is 1.34. The highest BCUT2D eigenvalue weighted by molar-refractivity contribution is 5.78. The molecule has 22 heavy (non-hydrogen) atoms. The van der Waals surface area contributed by atoms with Crippen LogP contribution in [0.2, 0.25) is 0 Å². The molecule has 0 bridgehead atoms. The van der Waals surface area contributed by atoms with Gasteiger partial charge in [0.05, 0.1) is 12.5 Å². The van der Waals surface area contributed by atoms with Gasteiger partial charge in [-0.1, -0.05) is 19.1 Å². The summed E-state index contributed by atoms with van der Waals surface area (Å²) in [6, 6.07) is 8.37. The van der Waals surface area contributed by atoms with Crippen LogP contribution in [0.25, 0.3) is 0 Å². The average Bonchev–Trinajstić information content (AvgIpc) is 3.00. The average molecular weight is 301 g/mol. The summed E-state index contributed by atoms with van der Waals surface area (Å²) in [6.45, 7) is 3.08. The highest BCUT2D eigenvalue weighted by Crippen LogP contribution is 2.12. The van der Waals surface area contributed by atoms with Gasteiger partial charge in [0.25, 0.3) is 0 Å². The number of aromatic nitrogens is 3. The third kappa shape index (κ3) is 4.58. The van der Waals surface area contributed by atoms with Crippen LogP contribution in [0.1, 0.15) is 12.5 Å². The molecule has 2 aromatic rings. The van der Waals surface area contributed by atoms with Gasteiger partial charge < -0.3 is 10.2 Å². The van der Waals surface area contributed by atoms with Crippen molar-refractivity contribution in [1.82, 2.24) is 20.1 Å². The summed E-state index contributed by atoms with van der Waals surface area (Å²) in [5.41, 5.74) is 2.39. The molecule has 1 amide bonds. The van der Waals surface area contributed by atoms with Crippen LogP contribution in [-0.2, 0) is 17.8 Å². The van der Waals surface area contributed by atoms with Crippen molar-refractivity contribution in [3.8, 4) is 0 Å². The van der Waals surface area contributed by atoms with Crippen LogP contribution >= 0.6 is 0 Å². The Hall–Kier alpha value is -2.37. The molecule has 6 heteroatoms. The van der Waals surface area contributed by atoms with E-state index in [0.29, 0.717) is 13.1 Å². The number of hydrogen-bond donors (Lipinski definition) is 1. The third-order valence-electron chi connectivity index (χ3n) is 3.54. The van der Waals surface area contributed by atoms with Crippen molar-refractivity contribution >= 4 is 11.6 Å². The van der Waals surface area contributed by atoms with Gasteiger partial charge in [-0.05, 0) is 24.1 Å². The number of nitrogens with one attached hydrogen (secondary N) is 1. The van der Waals surface area contributed by atoms with E-state index in [9.17, 15) is 4.79 Å². The molecule has 0 saturated carbocycles. The van der Waals surface area contributed by atoms with E-state index in [4.69, 9.17) is 0 Å². The number of amides is 1. The number of rotatable bonds is 7. The molecule has 0 aliphatic carbocycles. The van der Waals surface area contributed by atoms with Gasteiger partial charge >= 0.3 is 0 Å². The van der Waals surface area contributed by atoms with Gasteiger partial charge in [-0.3, -0.25) is 9.48 Å². The standard InChI is InChI=1S/C16H23N5O/c1-13(10-21-12-17-11-19-21)16(22)18-9-8-14-4-6-15(7-5-14)20(2)3/h4-7,11-13H,8-10H2,1-3H3,(H,18,22). The number of nitrogens with zero attached hydrogens (tertiary/aromatic N) is 4. The molecule has 0 radical (unpaired) electrons. The van der Waals surface area contributed by atoms with E-state index in [1.165, 1.54) is 17.6 Å². The van der Waals surface area contributed by atoms with E-state index >= 15 is 0 Å². The molecule has 1 heterocycles. The van der Waals surface area contributed by atoms with E-state index in [1.807, 2.05) is 21.0 Å². The van der Waals surface area contributed by atoms with Crippen molar-refractivity contribution in [3.63, 3.8) is 0 Å². The number of benzene rings is 1. The van der Waals surface area contributed by atoms with Crippen molar-refractivity contribution < 1.29 is 4.79 Å². The molecule has 0 spiro atoms. The summed E-state index contributed by atoms with van der Waals surface area (Å²) >= 11 is 0. The zero-order valence-corrected chi connectivity index (χ0v) is 13.4. The minimum absolute atomic E-state index is 0.0420. The monoisotopic (exact) mass is 301 g/mol. The lowest BCUT2D eigenvalue weighted by Gasteiger charge is -2.14. The van der Waals surface area contributed by atoms with Crippen LogP contribution in [0, 0.1) is 5.92 Å². The Balaban J connectivity index is 1.74. The summed E-state index contributed by atoms with van der Waals surface area (Å²) in [5, 5.41) is 6.98. The topological polar surface area (TPSA) is 63.1 Å². The maximum Gasteiger partial charge on any atom is 0.224 e. The SMILES string of the molecule is CC(Cn1cncn1)C(=O)NCCc1ccc(N(C)C)cc1. The van der Waals surface area contributed by atoms with Crippen LogP contribution in [0.4, 0.5) is 5.69 Å². The van der Waals surface area contributed by atoms with Gasteiger partial charge in [-0.25, -0.2) is 4.98 Å². The molecule has 1 atom stereocenters. The van der Waals surface area contributed by atoms with Gasteiger partial charge in [-0.2, -0.15) is 5.10 Å². The summed E-state index contributed by atoms with van der Waals surface area (Å²) < 4.78 is 1.67. The van der Waals surface area contributed by atoms with E-state index in [-0.39, 0.29) is 11.8 Å². The Morgan fingerprint density at radius 3 is 2.64 bits per heavy atom. The zero-order valence-electron chi connectivity index (χ0n) is 13.4. The molecule has 0 aliphatic rings. The minimum atomic E-state index is -0.127. The quantitative estimate of drug-likeness (QED) is 0.838. The molecule has 1 aromatic heterocycles. The number of carbonyl (C=O) groups is 1. The lowest BCUT2D eigenvalue weighted by atomic mass is 10.1. The van der Waals surface area contributed by atoms with E-state index in [1.54, 1.807) is 11.0 Å². The fraction of sp³-hybridized carbons (Fsp3) is 0.438. The molecule has 0 aliphatic heterocycles. The first kappa shape index (κ1) is 16.0. The molecule has 2 rings (SSSR count). The Morgan fingerprint density at radius 2 is 2.05 bits per heavy atom. The Kier molecular flexibility index (Phi) is 5.52. The molecular formula is C16H23N5O. The fourth-order valence-electron chi connectivity index (χ4n) is 2.16. The third-order valence-corrected chi connectivity index (χ3v) is 3.54. The number of carbonyl (C=O) groups excluding carboxylic acids is 1. The molecule has 118 valence electrons. The van der Waals surface area contributed by atoms with Crippen molar-refractivity contribution in [2.24, 2.45) is 5.92 Å². The second-order valence-corrected chi connectivity index (χ2v) is 5.62. The zero-order chi connectivity index (χ0) is 15.9. The van der Waals surface area contributed by atoms with Crippen LogP contribution in [0.15, 0.2) is 36.9 Å². The maximum atomic E-state index is 12.0. The molecule has 0 fully saturated rings. The molecule has 0 saturated heterocycles. The van der Waals surface area contributed by atoms with Crippen LogP contribution in [0.5, 0.6) is 0 Å².